The maximum absolute atomic E-state index is 13.1. The minimum atomic E-state index is -0.201. The fourth-order valence-corrected chi connectivity index (χ4v) is 4.36. The predicted octanol–water partition coefficient (Wildman–Crippen LogP) is 3.23. The SMILES string of the molecule is COc1ccccc1/C=C/CN1CCC2(CCN(Cc3ccccn3)C2=O)C1. The number of amides is 1. The lowest BCUT2D eigenvalue weighted by Gasteiger charge is -2.23. The summed E-state index contributed by atoms with van der Waals surface area (Å²) in [5.41, 5.74) is 1.84. The van der Waals surface area contributed by atoms with Gasteiger partial charge >= 0.3 is 0 Å². The van der Waals surface area contributed by atoms with Crippen molar-refractivity contribution in [2.24, 2.45) is 5.41 Å². The lowest BCUT2D eigenvalue weighted by Crippen LogP contribution is -2.36. The topological polar surface area (TPSA) is 45.7 Å². The van der Waals surface area contributed by atoms with Crippen molar-refractivity contribution in [1.82, 2.24) is 14.8 Å². The first-order valence-corrected chi connectivity index (χ1v) is 9.91. The number of hydrogen-bond acceptors (Lipinski definition) is 4. The standard InChI is InChI=1S/C23H27N3O2/c1-28-21-10-3-2-7-19(21)8-6-14-25-15-11-23(18-25)12-16-26(22(23)27)17-20-9-4-5-13-24-20/h2-10,13H,11-12,14-18H2,1H3/b8-6+. The van der Waals surface area contributed by atoms with Crippen molar-refractivity contribution in [3.63, 3.8) is 0 Å². The van der Waals surface area contributed by atoms with E-state index in [0.717, 1.165) is 56.0 Å². The fourth-order valence-electron chi connectivity index (χ4n) is 4.36. The van der Waals surface area contributed by atoms with Crippen LogP contribution in [0.1, 0.15) is 24.1 Å². The van der Waals surface area contributed by atoms with Crippen LogP contribution in [-0.2, 0) is 11.3 Å². The Labute approximate surface area is 166 Å². The number of para-hydroxylation sites is 1. The molecule has 0 bridgehead atoms. The van der Waals surface area contributed by atoms with Crippen molar-refractivity contribution in [2.45, 2.75) is 19.4 Å². The number of carbonyl (C=O) groups is 1. The molecule has 0 aliphatic carbocycles. The van der Waals surface area contributed by atoms with Crippen LogP contribution < -0.4 is 4.74 Å². The van der Waals surface area contributed by atoms with Crippen LogP contribution in [0.2, 0.25) is 0 Å². The molecule has 28 heavy (non-hydrogen) atoms. The number of ether oxygens (including phenoxy) is 1. The number of pyridine rings is 1. The van der Waals surface area contributed by atoms with Crippen molar-refractivity contribution in [1.29, 1.82) is 0 Å². The summed E-state index contributed by atoms with van der Waals surface area (Å²) in [6.07, 6.45) is 7.96. The maximum atomic E-state index is 13.1. The quantitative estimate of drug-likeness (QED) is 0.775. The molecule has 146 valence electrons. The van der Waals surface area contributed by atoms with Crippen molar-refractivity contribution in [2.75, 3.05) is 33.3 Å². The van der Waals surface area contributed by atoms with E-state index < -0.39 is 0 Å². The van der Waals surface area contributed by atoms with Gasteiger partial charge in [0.15, 0.2) is 0 Å². The number of aromatic nitrogens is 1. The van der Waals surface area contributed by atoms with Gasteiger partial charge in [-0.05, 0) is 37.6 Å². The van der Waals surface area contributed by atoms with Crippen molar-refractivity contribution in [3.05, 3.63) is 66.0 Å². The molecular formula is C23H27N3O2. The molecule has 1 aromatic carbocycles. The van der Waals surface area contributed by atoms with E-state index in [1.54, 1.807) is 13.3 Å². The minimum absolute atomic E-state index is 0.201. The number of rotatable bonds is 6. The molecule has 2 aliphatic heterocycles. The largest absolute Gasteiger partial charge is 0.496 e. The van der Waals surface area contributed by atoms with E-state index in [9.17, 15) is 4.79 Å². The zero-order valence-corrected chi connectivity index (χ0v) is 16.4. The molecule has 5 heteroatoms. The summed E-state index contributed by atoms with van der Waals surface area (Å²) in [4.78, 5) is 21.8. The van der Waals surface area contributed by atoms with Gasteiger partial charge in [-0.3, -0.25) is 14.7 Å². The first-order chi connectivity index (χ1) is 13.7. The molecule has 1 atom stereocenters. The predicted molar refractivity (Wildman–Crippen MR) is 110 cm³/mol. The molecule has 4 rings (SSSR count). The monoisotopic (exact) mass is 377 g/mol. The van der Waals surface area contributed by atoms with Crippen LogP contribution in [-0.4, -0.2) is 54.0 Å². The second-order valence-electron chi connectivity index (χ2n) is 7.71. The highest BCUT2D eigenvalue weighted by Gasteiger charge is 2.50. The van der Waals surface area contributed by atoms with Crippen molar-refractivity contribution in [3.8, 4) is 5.75 Å². The Balaban J connectivity index is 1.34. The van der Waals surface area contributed by atoms with E-state index in [2.05, 4.69) is 28.1 Å². The average Bonchev–Trinajstić information content (AvgIpc) is 3.28. The van der Waals surface area contributed by atoms with Crippen molar-refractivity contribution >= 4 is 12.0 Å². The zero-order valence-electron chi connectivity index (χ0n) is 16.4. The summed E-state index contributed by atoms with van der Waals surface area (Å²) in [5, 5.41) is 0. The van der Waals surface area contributed by atoms with E-state index in [1.165, 1.54) is 0 Å². The molecule has 2 aliphatic rings. The summed E-state index contributed by atoms with van der Waals surface area (Å²) < 4.78 is 5.40. The summed E-state index contributed by atoms with van der Waals surface area (Å²) in [6, 6.07) is 13.9. The van der Waals surface area contributed by atoms with Gasteiger partial charge in [-0.25, -0.2) is 0 Å². The van der Waals surface area contributed by atoms with E-state index in [0.29, 0.717) is 12.5 Å². The highest BCUT2D eigenvalue weighted by atomic mass is 16.5. The summed E-state index contributed by atoms with van der Waals surface area (Å²) in [7, 11) is 1.69. The molecule has 1 spiro atoms. The molecule has 0 N–H and O–H groups in total. The molecule has 0 radical (unpaired) electrons. The van der Waals surface area contributed by atoms with Crippen LogP contribution in [0.25, 0.3) is 6.08 Å². The van der Waals surface area contributed by atoms with Gasteiger partial charge in [0.25, 0.3) is 0 Å². The first kappa shape index (κ1) is 18.7. The van der Waals surface area contributed by atoms with Crippen LogP contribution in [0.4, 0.5) is 0 Å². The van der Waals surface area contributed by atoms with Gasteiger partial charge in [-0.15, -0.1) is 0 Å². The Morgan fingerprint density at radius 2 is 1.96 bits per heavy atom. The first-order valence-electron chi connectivity index (χ1n) is 9.91. The molecule has 1 amide bonds. The summed E-state index contributed by atoms with van der Waals surface area (Å²) in [6.45, 7) is 4.13. The summed E-state index contributed by atoms with van der Waals surface area (Å²) in [5.74, 6) is 1.18. The highest BCUT2D eigenvalue weighted by Crippen LogP contribution is 2.41. The molecule has 0 saturated carbocycles. The normalized spacial score (nSPS) is 22.6. The van der Waals surface area contributed by atoms with Gasteiger partial charge in [0.2, 0.25) is 5.91 Å². The second kappa shape index (κ2) is 8.15. The molecule has 2 saturated heterocycles. The second-order valence-corrected chi connectivity index (χ2v) is 7.71. The Kier molecular flexibility index (Phi) is 5.44. The van der Waals surface area contributed by atoms with E-state index in [-0.39, 0.29) is 5.41 Å². The Bertz CT molecular complexity index is 852. The van der Waals surface area contributed by atoms with Gasteiger partial charge in [-0.1, -0.05) is 36.4 Å². The highest BCUT2D eigenvalue weighted by molar-refractivity contribution is 5.85. The van der Waals surface area contributed by atoms with Gasteiger partial charge in [0.1, 0.15) is 5.75 Å². The number of methoxy groups -OCH3 is 1. The smallest absolute Gasteiger partial charge is 0.230 e. The van der Waals surface area contributed by atoms with Crippen LogP contribution in [0.5, 0.6) is 5.75 Å². The van der Waals surface area contributed by atoms with Gasteiger partial charge in [0.05, 0.1) is 24.8 Å². The molecule has 1 unspecified atom stereocenters. The van der Waals surface area contributed by atoms with Crippen molar-refractivity contribution < 1.29 is 9.53 Å². The lowest BCUT2D eigenvalue weighted by atomic mass is 9.85. The number of likely N-dealkylation sites (tertiary alicyclic amines) is 2. The van der Waals surface area contributed by atoms with Crippen LogP contribution in [0.3, 0.4) is 0 Å². The third-order valence-electron chi connectivity index (χ3n) is 5.91. The molecule has 2 aromatic rings. The Morgan fingerprint density at radius 3 is 2.79 bits per heavy atom. The van der Waals surface area contributed by atoms with E-state index in [1.807, 2.05) is 41.3 Å². The molecule has 5 nitrogen and oxygen atoms in total. The van der Waals surface area contributed by atoms with Crippen LogP contribution in [0, 0.1) is 5.41 Å². The number of nitrogens with zero attached hydrogens (tertiary/aromatic N) is 3. The fraction of sp³-hybridized carbons (Fsp3) is 0.391. The molecule has 3 heterocycles. The van der Waals surface area contributed by atoms with Gasteiger partial charge in [0, 0.05) is 31.4 Å². The third kappa shape index (κ3) is 3.80. The number of benzene rings is 1. The molecule has 1 aromatic heterocycles. The zero-order chi connectivity index (χ0) is 19.4. The molecular weight excluding hydrogens is 350 g/mol. The van der Waals surface area contributed by atoms with Gasteiger partial charge in [-0.2, -0.15) is 0 Å². The van der Waals surface area contributed by atoms with Gasteiger partial charge < -0.3 is 9.64 Å². The summed E-state index contributed by atoms with van der Waals surface area (Å²) >= 11 is 0. The third-order valence-corrected chi connectivity index (χ3v) is 5.91. The number of carbonyl (C=O) groups excluding carboxylic acids is 1. The minimum Gasteiger partial charge on any atom is -0.496 e. The maximum Gasteiger partial charge on any atom is 0.230 e. The average molecular weight is 377 g/mol. The van der Waals surface area contributed by atoms with Crippen LogP contribution >= 0.6 is 0 Å². The number of hydrogen-bond donors (Lipinski definition) is 0. The Hall–Kier alpha value is -2.66. The van der Waals surface area contributed by atoms with E-state index >= 15 is 0 Å². The van der Waals surface area contributed by atoms with Crippen LogP contribution in [0.15, 0.2) is 54.7 Å². The van der Waals surface area contributed by atoms with E-state index in [4.69, 9.17) is 4.74 Å². The molecule has 2 fully saturated rings. The Morgan fingerprint density at radius 1 is 1.14 bits per heavy atom. The lowest BCUT2D eigenvalue weighted by molar-refractivity contribution is -0.136.